The Morgan fingerprint density at radius 2 is 1.91 bits per heavy atom. The van der Waals surface area contributed by atoms with Gasteiger partial charge in [-0.05, 0) is 38.0 Å². The zero-order chi connectivity index (χ0) is 16.8. The van der Waals surface area contributed by atoms with Crippen LogP contribution in [0.2, 0.25) is 0 Å². The van der Waals surface area contributed by atoms with Gasteiger partial charge in [0.05, 0.1) is 0 Å². The van der Waals surface area contributed by atoms with Gasteiger partial charge in [-0.2, -0.15) is 0 Å². The lowest BCUT2D eigenvalue weighted by molar-refractivity contribution is -0.133. The first kappa shape index (κ1) is 17.3. The molecule has 0 bridgehead atoms. The smallest absolute Gasteiger partial charge is 0.251 e. The fourth-order valence-electron chi connectivity index (χ4n) is 3.16. The van der Waals surface area contributed by atoms with E-state index in [1.165, 1.54) is 19.3 Å². The summed E-state index contributed by atoms with van der Waals surface area (Å²) in [6, 6.07) is 7.25. The molecule has 1 fully saturated rings. The van der Waals surface area contributed by atoms with E-state index in [2.05, 4.69) is 10.6 Å². The van der Waals surface area contributed by atoms with Crippen molar-refractivity contribution in [2.24, 2.45) is 0 Å². The van der Waals surface area contributed by atoms with Crippen LogP contribution < -0.4 is 10.6 Å². The van der Waals surface area contributed by atoms with E-state index >= 15 is 0 Å². The maximum Gasteiger partial charge on any atom is 0.251 e. The molecule has 2 rings (SSSR count). The highest BCUT2D eigenvalue weighted by molar-refractivity contribution is 5.95. The summed E-state index contributed by atoms with van der Waals surface area (Å²) in [7, 11) is 3.51. The predicted octanol–water partition coefficient (Wildman–Crippen LogP) is 2.64. The van der Waals surface area contributed by atoms with Crippen LogP contribution in [-0.2, 0) is 4.79 Å². The fourth-order valence-corrected chi connectivity index (χ4v) is 3.16. The molecule has 5 nitrogen and oxygen atoms in total. The Bertz CT molecular complexity index is 553. The van der Waals surface area contributed by atoms with Crippen molar-refractivity contribution in [2.45, 2.75) is 51.1 Å². The lowest BCUT2D eigenvalue weighted by Gasteiger charge is -2.33. The molecule has 0 unspecified atom stereocenters. The van der Waals surface area contributed by atoms with E-state index in [0.29, 0.717) is 11.6 Å². The van der Waals surface area contributed by atoms with Crippen molar-refractivity contribution in [3.8, 4) is 0 Å². The van der Waals surface area contributed by atoms with Crippen LogP contribution in [0.25, 0.3) is 0 Å². The van der Waals surface area contributed by atoms with Crippen molar-refractivity contribution in [3.05, 3.63) is 29.8 Å². The van der Waals surface area contributed by atoms with Crippen molar-refractivity contribution < 1.29 is 9.59 Å². The summed E-state index contributed by atoms with van der Waals surface area (Å²) in [5.74, 6) is -0.0331. The number of amides is 2. The van der Waals surface area contributed by atoms with E-state index in [4.69, 9.17) is 0 Å². The van der Waals surface area contributed by atoms with Crippen LogP contribution in [0.1, 0.15) is 49.4 Å². The highest BCUT2D eigenvalue weighted by Gasteiger charge is 2.25. The lowest BCUT2D eigenvalue weighted by Crippen LogP contribution is -2.45. The van der Waals surface area contributed by atoms with Crippen molar-refractivity contribution in [2.75, 3.05) is 19.4 Å². The van der Waals surface area contributed by atoms with Crippen LogP contribution in [0.4, 0.5) is 5.69 Å². The molecular formula is C18H27N3O2. The number of hydrogen-bond acceptors (Lipinski definition) is 3. The number of rotatable bonds is 5. The Balaban J connectivity index is 1.98. The lowest BCUT2D eigenvalue weighted by atomic mass is 9.94. The first-order valence-corrected chi connectivity index (χ1v) is 8.38. The molecule has 1 saturated carbocycles. The summed E-state index contributed by atoms with van der Waals surface area (Å²) in [4.78, 5) is 26.2. The SMILES string of the molecule is CNC(=O)c1cccc(N[C@@H](C)C(=O)N(C)C2CCCCC2)c1. The van der Waals surface area contributed by atoms with Gasteiger partial charge in [0.1, 0.15) is 6.04 Å². The van der Waals surface area contributed by atoms with Crippen LogP contribution >= 0.6 is 0 Å². The third-order valence-corrected chi connectivity index (χ3v) is 4.58. The summed E-state index contributed by atoms with van der Waals surface area (Å²) in [5.41, 5.74) is 1.36. The maximum atomic E-state index is 12.6. The standard InChI is InChI=1S/C18H27N3O2/c1-13(18(23)21(3)16-10-5-4-6-11-16)20-15-9-7-8-14(12-15)17(22)19-2/h7-9,12-13,16,20H,4-6,10-11H2,1-3H3,(H,19,22)/t13-/m0/s1. The molecule has 1 aromatic rings. The number of hydrogen-bond donors (Lipinski definition) is 2. The van der Waals surface area contributed by atoms with E-state index in [1.807, 2.05) is 31.0 Å². The second-order valence-corrected chi connectivity index (χ2v) is 6.27. The fraction of sp³-hybridized carbons (Fsp3) is 0.556. The number of carbonyl (C=O) groups is 2. The minimum atomic E-state index is -0.318. The van der Waals surface area contributed by atoms with Crippen LogP contribution in [0, 0.1) is 0 Å². The summed E-state index contributed by atoms with van der Waals surface area (Å²) in [5, 5.41) is 5.81. The van der Waals surface area contributed by atoms with Crippen molar-refractivity contribution in [1.29, 1.82) is 0 Å². The van der Waals surface area contributed by atoms with E-state index in [0.717, 1.165) is 18.5 Å². The number of benzene rings is 1. The van der Waals surface area contributed by atoms with E-state index in [-0.39, 0.29) is 17.9 Å². The molecule has 0 spiro atoms. The van der Waals surface area contributed by atoms with Gasteiger partial charge in [0, 0.05) is 31.4 Å². The summed E-state index contributed by atoms with van der Waals surface area (Å²) < 4.78 is 0. The molecule has 1 aliphatic rings. The van der Waals surface area contributed by atoms with Gasteiger partial charge in [-0.25, -0.2) is 0 Å². The molecule has 0 radical (unpaired) electrons. The minimum absolute atomic E-state index is 0.0993. The monoisotopic (exact) mass is 317 g/mol. The highest BCUT2D eigenvalue weighted by atomic mass is 16.2. The van der Waals surface area contributed by atoms with Crippen LogP contribution in [0.5, 0.6) is 0 Å². The molecule has 1 aliphatic carbocycles. The number of anilines is 1. The van der Waals surface area contributed by atoms with Gasteiger partial charge < -0.3 is 15.5 Å². The Morgan fingerprint density at radius 3 is 2.57 bits per heavy atom. The number of nitrogens with zero attached hydrogens (tertiary/aromatic N) is 1. The van der Waals surface area contributed by atoms with Gasteiger partial charge in [0.25, 0.3) is 5.91 Å². The molecule has 0 saturated heterocycles. The topological polar surface area (TPSA) is 61.4 Å². The second kappa shape index (κ2) is 7.99. The number of nitrogens with one attached hydrogen (secondary N) is 2. The highest BCUT2D eigenvalue weighted by Crippen LogP contribution is 2.22. The summed E-state index contributed by atoms with van der Waals surface area (Å²) in [6.45, 7) is 1.87. The zero-order valence-electron chi connectivity index (χ0n) is 14.3. The maximum absolute atomic E-state index is 12.6. The normalized spacial score (nSPS) is 16.5. The third-order valence-electron chi connectivity index (χ3n) is 4.58. The first-order valence-electron chi connectivity index (χ1n) is 8.38. The van der Waals surface area contributed by atoms with Crippen LogP contribution in [0.3, 0.4) is 0 Å². The Morgan fingerprint density at radius 1 is 1.22 bits per heavy atom. The average molecular weight is 317 g/mol. The molecule has 23 heavy (non-hydrogen) atoms. The molecule has 1 atom stereocenters. The summed E-state index contributed by atoms with van der Waals surface area (Å²) >= 11 is 0. The number of carbonyl (C=O) groups excluding carboxylic acids is 2. The van der Waals surface area contributed by atoms with Gasteiger partial charge >= 0.3 is 0 Å². The third kappa shape index (κ3) is 4.47. The molecule has 126 valence electrons. The largest absolute Gasteiger partial charge is 0.374 e. The molecule has 2 N–H and O–H groups in total. The van der Waals surface area contributed by atoms with Crippen molar-refractivity contribution in [1.82, 2.24) is 10.2 Å². The molecule has 0 aromatic heterocycles. The van der Waals surface area contributed by atoms with E-state index in [9.17, 15) is 9.59 Å². The van der Waals surface area contributed by atoms with Crippen LogP contribution in [-0.4, -0.2) is 42.9 Å². The van der Waals surface area contributed by atoms with E-state index in [1.54, 1.807) is 19.2 Å². The Hall–Kier alpha value is -2.04. The van der Waals surface area contributed by atoms with Crippen LogP contribution in [0.15, 0.2) is 24.3 Å². The predicted molar refractivity (Wildman–Crippen MR) is 92.6 cm³/mol. The Kier molecular flexibility index (Phi) is 6.02. The molecule has 1 aromatic carbocycles. The zero-order valence-corrected chi connectivity index (χ0v) is 14.3. The van der Waals surface area contributed by atoms with Gasteiger partial charge in [-0.1, -0.05) is 25.3 Å². The van der Waals surface area contributed by atoms with Gasteiger partial charge in [-0.3, -0.25) is 9.59 Å². The van der Waals surface area contributed by atoms with Gasteiger partial charge in [-0.15, -0.1) is 0 Å². The molecule has 2 amide bonds. The van der Waals surface area contributed by atoms with Gasteiger partial charge in [0.2, 0.25) is 5.91 Å². The van der Waals surface area contributed by atoms with Gasteiger partial charge in [0.15, 0.2) is 0 Å². The Labute approximate surface area is 138 Å². The molecule has 5 heteroatoms. The molecule has 0 aliphatic heterocycles. The molecule has 0 heterocycles. The number of likely N-dealkylation sites (N-methyl/N-ethyl adjacent to an activating group) is 1. The quantitative estimate of drug-likeness (QED) is 0.877. The van der Waals surface area contributed by atoms with Crippen molar-refractivity contribution >= 4 is 17.5 Å². The second-order valence-electron chi connectivity index (χ2n) is 6.27. The molecular weight excluding hydrogens is 290 g/mol. The average Bonchev–Trinajstić information content (AvgIpc) is 2.60. The van der Waals surface area contributed by atoms with Crippen molar-refractivity contribution in [3.63, 3.8) is 0 Å². The minimum Gasteiger partial charge on any atom is -0.374 e. The summed E-state index contributed by atoms with van der Waals surface area (Å²) in [6.07, 6.45) is 5.89. The van der Waals surface area contributed by atoms with E-state index < -0.39 is 0 Å². The first-order chi connectivity index (χ1) is 11.0.